The summed E-state index contributed by atoms with van der Waals surface area (Å²) in [6, 6.07) is 5.87. The van der Waals surface area contributed by atoms with Crippen LogP contribution in [-0.4, -0.2) is 58.0 Å². The number of hydrogen-bond acceptors (Lipinski definition) is 6. The monoisotopic (exact) mass is 524 g/mol. The first-order valence-corrected chi connectivity index (χ1v) is 14.7. The predicted octanol–water partition coefficient (Wildman–Crippen LogP) is 7.48. The van der Waals surface area contributed by atoms with Crippen molar-refractivity contribution in [2.45, 2.75) is 129 Å². The van der Waals surface area contributed by atoms with Gasteiger partial charge >= 0.3 is 0 Å². The Hall–Kier alpha value is -1.34. The molecule has 1 rings (SSSR count). The van der Waals surface area contributed by atoms with E-state index in [-0.39, 0.29) is 24.9 Å². The van der Waals surface area contributed by atoms with Gasteiger partial charge in [-0.3, -0.25) is 0 Å². The highest BCUT2D eigenvalue weighted by Crippen LogP contribution is 2.34. The molecule has 6 nitrogen and oxygen atoms in total. The molecule has 0 aromatic heterocycles. The lowest BCUT2D eigenvalue weighted by atomic mass is 9.98. The molecule has 216 valence electrons. The first-order chi connectivity index (χ1) is 18.2. The minimum Gasteiger partial charge on any atom is -0.492 e. The molecule has 0 amide bonds. The van der Waals surface area contributed by atoms with Gasteiger partial charge in [0, 0.05) is 33.0 Å². The summed E-state index contributed by atoms with van der Waals surface area (Å²) in [5.74, 6) is 1.35. The van der Waals surface area contributed by atoms with Crippen molar-refractivity contribution in [3.63, 3.8) is 0 Å². The Kier molecular flexibility index (Phi) is 20.6. The van der Waals surface area contributed by atoms with E-state index in [2.05, 4.69) is 13.8 Å². The maximum Gasteiger partial charge on any atom is 0.166 e. The van der Waals surface area contributed by atoms with Gasteiger partial charge in [0.05, 0.1) is 25.9 Å². The quantitative estimate of drug-likeness (QED) is 0.134. The van der Waals surface area contributed by atoms with Gasteiger partial charge in [-0.25, -0.2) is 0 Å². The number of unbranched alkanes of at least 4 members (excludes halogenated alkanes) is 10. The Morgan fingerprint density at radius 2 is 1.38 bits per heavy atom. The van der Waals surface area contributed by atoms with Crippen molar-refractivity contribution in [1.29, 1.82) is 0 Å². The topological polar surface area (TPSA) is 66.4 Å². The number of hydrogen-bond donors (Lipinski definition) is 1. The number of ether oxygens (including phenoxy) is 5. The SMILES string of the molecule is CCCCCCCCCCCCCC(OC)C(Oc1cccc(COCCCO)c1OC)C(CC)OC. The molecule has 0 aliphatic rings. The van der Waals surface area contributed by atoms with E-state index in [1.165, 1.54) is 64.2 Å². The molecule has 1 aromatic carbocycles. The van der Waals surface area contributed by atoms with Gasteiger partial charge in [-0.2, -0.15) is 0 Å². The third kappa shape index (κ3) is 13.9. The van der Waals surface area contributed by atoms with Gasteiger partial charge in [-0.15, -0.1) is 0 Å². The van der Waals surface area contributed by atoms with Crippen molar-refractivity contribution in [3.8, 4) is 11.5 Å². The van der Waals surface area contributed by atoms with Crippen LogP contribution in [0.5, 0.6) is 11.5 Å². The molecular weight excluding hydrogens is 468 g/mol. The van der Waals surface area contributed by atoms with E-state index in [1.54, 1.807) is 21.3 Å². The van der Waals surface area contributed by atoms with Gasteiger partial charge in [0.2, 0.25) is 0 Å². The average molecular weight is 525 g/mol. The molecule has 0 spiro atoms. The fourth-order valence-electron chi connectivity index (χ4n) is 4.85. The van der Waals surface area contributed by atoms with Gasteiger partial charge in [0.15, 0.2) is 17.6 Å². The van der Waals surface area contributed by atoms with Crippen molar-refractivity contribution >= 4 is 0 Å². The normalized spacial score (nSPS) is 13.9. The number of para-hydroxylation sites is 1. The van der Waals surface area contributed by atoms with Crippen LogP contribution in [0, 0.1) is 0 Å². The summed E-state index contributed by atoms with van der Waals surface area (Å²) in [4.78, 5) is 0. The fourth-order valence-corrected chi connectivity index (χ4v) is 4.85. The Morgan fingerprint density at radius 3 is 1.92 bits per heavy atom. The molecule has 1 N–H and O–H groups in total. The molecule has 0 aliphatic heterocycles. The van der Waals surface area contributed by atoms with Crippen molar-refractivity contribution in [2.24, 2.45) is 0 Å². The van der Waals surface area contributed by atoms with Gasteiger partial charge in [-0.1, -0.05) is 96.6 Å². The second kappa shape index (κ2) is 22.6. The van der Waals surface area contributed by atoms with Crippen LogP contribution in [0.4, 0.5) is 0 Å². The molecule has 0 saturated heterocycles. The highest BCUT2D eigenvalue weighted by atomic mass is 16.6. The molecule has 0 aliphatic carbocycles. The lowest BCUT2D eigenvalue weighted by Crippen LogP contribution is -2.44. The van der Waals surface area contributed by atoms with Crippen LogP contribution in [-0.2, 0) is 20.8 Å². The Morgan fingerprint density at radius 1 is 0.757 bits per heavy atom. The van der Waals surface area contributed by atoms with E-state index >= 15 is 0 Å². The number of benzene rings is 1. The average Bonchev–Trinajstić information content (AvgIpc) is 2.92. The molecule has 37 heavy (non-hydrogen) atoms. The smallest absolute Gasteiger partial charge is 0.166 e. The molecule has 6 heteroatoms. The minimum atomic E-state index is -0.248. The van der Waals surface area contributed by atoms with Gasteiger partial charge in [0.25, 0.3) is 0 Å². The summed E-state index contributed by atoms with van der Waals surface area (Å²) in [6.07, 6.45) is 16.5. The van der Waals surface area contributed by atoms with Crippen molar-refractivity contribution in [2.75, 3.05) is 34.5 Å². The molecule has 0 radical (unpaired) electrons. The zero-order valence-electron chi connectivity index (χ0n) is 24.5. The summed E-state index contributed by atoms with van der Waals surface area (Å²) >= 11 is 0. The standard InChI is InChI=1S/C31H56O6/c1-6-8-9-10-11-12-13-14-15-16-17-21-28(34-4)31(27(7-2)33-3)37-29-22-18-20-26(30(29)35-5)25-36-24-19-23-32/h18,20,22,27-28,31-32H,6-17,19,21,23-25H2,1-5H3. The van der Waals surface area contributed by atoms with Crippen LogP contribution in [0.1, 0.15) is 109 Å². The van der Waals surface area contributed by atoms with Gasteiger partial charge in [0.1, 0.15) is 0 Å². The van der Waals surface area contributed by atoms with Crippen LogP contribution in [0.3, 0.4) is 0 Å². The number of aliphatic hydroxyl groups is 1. The van der Waals surface area contributed by atoms with Crippen LogP contribution in [0.15, 0.2) is 18.2 Å². The lowest BCUT2D eigenvalue weighted by Gasteiger charge is -2.33. The van der Waals surface area contributed by atoms with E-state index < -0.39 is 0 Å². The van der Waals surface area contributed by atoms with Crippen LogP contribution in [0.2, 0.25) is 0 Å². The van der Waals surface area contributed by atoms with Crippen molar-refractivity contribution in [1.82, 2.24) is 0 Å². The lowest BCUT2D eigenvalue weighted by molar-refractivity contribution is -0.0805. The largest absolute Gasteiger partial charge is 0.492 e. The third-order valence-electron chi connectivity index (χ3n) is 7.06. The second-order valence-corrected chi connectivity index (χ2v) is 9.94. The van der Waals surface area contributed by atoms with E-state index in [9.17, 15) is 0 Å². The maximum atomic E-state index is 8.99. The Labute approximate surface area is 227 Å². The first-order valence-electron chi connectivity index (χ1n) is 14.7. The summed E-state index contributed by atoms with van der Waals surface area (Å²) in [5.41, 5.74) is 0.918. The highest BCUT2D eigenvalue weighted by Gasteiger charge is 2.32. The molecule has 1 aromatic rings. The van der Waals surface area contributed by atoms with E-state index in [4.69, 9.17) is 28.8 Å². The first kappa shape index (κ1) is 33.7. The van der Waals surface area contributed by atoms with Gasteiger partial charge < -0.3 is 28.8 Å². The zero-order valence-corrected chi connectivity index (χ0v) is 24.5. The number of rotatable bonds is 25. The molecule has 0 heterocycles. The van der Waals surface area contributed by atoms with E-state index in [0.717, 1.165) is 24.8 Å². The maximum absolute atomic E-state index is 8.99. The molecule has 0 saturated carbocycles. The minimum absolute atomic E-state index is 0.0716. The summed E-state index contributed by atoms with van der Waals surface area (Å²) in [7, 11) is 5.16. The molecule has 0 fully saturated rings. The summed E-state index contributed by atoms with van der Waals surface area (Å²) in [5, 5.41) is 8.99. The van der Waals surface area contributed by atoms with Crippen molar-refractivity contribution < 1.29 is 28.8 Å². The molecule has 3 atom stereocenters. The van der Waals surface area contributed by atoms with Crippen LogP contribution in [0.25, 0.3) is 0 Å². The molecule has 3 unspecified atom stereocenters. The van der Waals surface area contributed by atoms with Crippen LogP contribution < -0.4 is 9.47 Å². The van der Waals surface area contributed by atoms with E-state index in [0.29, 0.717) is 31.1 Å². The molecule has 0 bridgehead atoms. The summed E-state index contributed by atoms with van der Waals surface area (Å²) < 4.78 is 29.8. The molecular formula is C31H56O6. The Balaban J connectivity index is 2.67. The predicted molar refractivity (Wildman–Crippen MR) is 152 cm³/mol. The number of aliphatic hydroxyl groups excluding tert-OH is 1. The number of methoxy groups -OCH3 is 3. The zero-order chi connectivity index (χ0) is 27.1. The van der Waals surface area contributed by atoms with Crippen LogP contribution >= 0.6 is 0 Å². The summed E-state index contributed by atoms with van der Waals surface area (Å²) in [6.45, 7) is 5.41. The van der Waals surface area contributed by atoms with Crippen molar-refractivity contribution in [3.05, 3.63) is 23.8 Å². The van der Waals surface area contributed by atoms with E-state index in [1.807, 2.05) is 18.2 Å². The third-order valence-corrected chi connectivity index (χ3v) is 7.06. The fraction of sp³-hybridized carbons (Fsp3) is 0.806. The Bertz CT molecular complexity index is 649. The highest BCUT2D eigenvalue weighted by molar-refractivity contribution is 5.46. The second-order valence-electron chi connectivity index (χ2n) is 9.94. The van der Waals surface area contributed by atoms with Gasteiger partial charge in [-0.05, 0) is 25.3 Å².